The van der Waals surface area contributed by atoms with Crippen molar-refractivity contribution in [3.05, 3.63) is 48.6 Å². The van der Waals surface area contributed by atoms with E-state index in [0.29, 0.717) is 35.9 Å². The van der Waals surface area contributed by atoms with Crippen LogP contribution in [0.15, 0.2) is 37.1 Å². The van der Waals surface area contributed by atoms with Crippen molar-refractivity contribution in [3.8, 4) is 22.8 Å². The van der Waals surface area contributed by atoms with Gasteiger partial charge in [0.05, 0.1) is 17.7 Å². The van der Waals surface area contributed by atoms with Crippen LogP contribution < -0.4 is 9.64 Å². The lowest BCUT2D eigenvalue weighted by molar-refractivity contribution is -0.141. The molecule has 0 N–H and O–H groups in total. The summed E-state index contributed by atoms with van der Waals surface area (Å²) in [5.41, 5.74) is 2.32. The van der Waals surface area contributed by atoms with Gasteiger partial charge in [-0.1, -0.05) is 13.8 Å². The molecule has 1 atom stereocenters. The second-order valence-corrected chi connectivity index (χ2v) is 12.8. The van der Waals surface area contributed by atoms with Gasteiger partial charge >= 0.3 is 5.97 Å². The molecule has 3 aliphatic rings. The van der Waals surface area contributed by atoms with Crippen LogP contribution in [0.4, 0.5) is 10.2 Å². The van der Waals surface area contributed by atoms with Crippen LogP contribution in [0.2, 0.25) is 0 Å². The van der Waals surface area contributed by atoms with E-state index in [-0.39, 0.29) is 29.0 Å². The first-order valence-electron chi connectivity index (χ1n) is 14.5. The topological polar surface area (TPSA) is 106 Å². The van der Waals surface area contributed by atoms with Gasteiger partial charge in [-0.25, -0.2) is 19.3 Å². The second kappa shape index (κ2) is 11.4. The van der Waals surface area contributed by atoms with E-state index in [4.69, 9.17) is 22.1 Å². The molecule has 1 saturated carbocycles. The van der Waals surface area contributed by atoms with Crippen molar-refractivity contribution in [2.24, 2.45) is 11.3 Å². The number of anilines is 1. The Balaban J connectivity index is 1.20. The Morgan fingerprint density at radius 2 is 2.00 bits per heavy atom. The van der Waals surface area contributed by atoms with Gasteiger partial charge in [-0.3, -0.25) is 9.69 Å². The molecule has 4 heterocycles. The average Bonchev–Trinajstić information content (AvgIpc) is 3.73. The molecule has 2 aliphatic heterocycles. The zero-order valence-corrected chi connectivity index (χ0v) is 25.1. The van der Waals surface area contributed by atoms with Crippen molar-refractivity contribution in [3.63, 3.8) is 0 Å². The van der Waals surface area contributed by atoms with E-state index in [9.17, 15) is 9.18 Å². The zero-order valence-electron chi connectivity index (χ0n) is 24.2. The maximum atomic E-state index is 14.5. The molecule has 1 aliphatic carbocycles. The molecule has 10 nitrogen and oxygen atoms in total. The van der Waals surface area contributed by atoms with Crippen LogP contribution in [-0.4, -0.2) is 74.2 Å². The number of ether oxygens (including phenoxy) is 2. The Morgan fingerprint density at radius 1 is 1.19 bits per heavy atom. The van der Waals surface area contributed by atoms with Crippen LogP contribution in [0.25, 0.3) is 11.1 Å². The van der Waals surface area contributed by atoms with Crippen molar-refractivity contribution < 1.29 is 18.7 Å². The number of methoxy groups -OCH3 is 1. The summed E-state index contributed by atoms with van der Waals surface area (Å²) >= 11 is 5.08. The lowest BCUT2D eigenvalue weighted by atomic mass is 9.76. The molecule has 1 spiro atoms. The van der Waals surface area contributed by atoms with Gasteiger partial charge in [0.1, 0.15) is 24.2 Å². The third kappa shape index (κ3) is 5.54. The fourth-order valence-corrected chi connectivity index (χ4v) is 6.54. The number of nitrogens with zero attached hydrogens (tertiary/aromatic N) is 7. The minimum Gasteiger partial charge on any atom is -0.469 e. The molecule has 3 aromatic rings. The molecule has 6 rings (SSSR count). The number of thiol groups is 1. The number of esters is 1. The smallest absolute Gasteiger partial charge is 0.305 e. The predicted molar refractivity (Wildman–Crippen MR) is 158 cm³/mol. The second-order valence-electron chi connectivity index (χ2n) is 12.1. The Labute approximate surface area is 250 Å². The monoisotopic (exact) mass is 593 g/mol. The number of hydrogen-bond donors (Lipinski definition) is 1. The Hall–Kier alpha value is -3.38. The van der Waals surface area contributed by atoms with E-state index < -0.39 is 4.87 Å². The number of halogens is 1. The van der Waals surface area contributed by atoms with Gasteiger partial charge in [0.2, 0.25) is 0 Å². The summed E-state index contributed by atoms with van der Waals surface area (Å²) in [4.78, 5) is 29.3. The van der Waals surface area contributed by atoms with E-state index in [2.05, 4.69) is 48.8 Å². The number of carbonyl (C=O) groups is 1. The van der Waals surface area contributed by atoms with Gasteiger partial charge in [-0.15, -0.1) is 10.2 Å². The molecule has 3 fully saturated rings. The summed E-state index contributed by atoms with van der Waals surface area (Å²) in [6.45, 7) is 7.62. The van der Waals surface area contributed by atoms with Crippen LogP contribution in [0.1, 0.15) is 57.6 Å². The molecule has 0 amide bonds. The molecule has 1 aromatic carbocycles. The standard InChI is InChI=1S/C30H36FN7O3S/c1-19(2)30(42,9-8-25(39)40-3)38-15-29(16-38)10-11-37(14-29)27-28(36-35-18-34-27)41-24-7-6-21(31)12-22(24)23-13-32-17-33-26(23)20-4-5-20/h6-7,12-13,17-20,42H,4-5,8-11,14-16H2,1-3H3/t30-/m0/s1. The molecular weight excluding hydrogens is 557 g/mol. The van der Waals surface area contributed by atoms with Crippen molar-refractivity contribution in [2.45, 2.75) is 56.7 Å². The normalized spacial score (nSPS) is 19.5. The van der Waals surface area contributed by atoms with E-state index in [0.717, 1.165) is 56.7 Å². The van der Waals surface area contributed by atoms with Gasteiger partial charge in [0.25, 0.3) is 5.88 Å². The Kier molecular flexibility index (Phi) is 7.77. The van der Waals surface area contributed by atoms with Gasteiger partial charge in [0.15, 0.2) is 5.82 Å². The van der Waals surface area contributed by atoms with Gasteiger partial charge < -0.3 is 14.4 Å². The van der Waals surface area contributed by atoms with Crippen LogP contribution in [0.5, 0.6) is 11.6 Å². The van der Waals surface area contributed by atoms with Crippen molar-refractivity contribution in [2.75, 3.05) is 38.2 Å². The number of aromatic nitrogens is 5. The lowest BCUT2D eigenvalue weighted by Gasteiger charge is -2.57. The van der Waals surface area contributed by atoms with E-state index in [1.54, 1.807) is 12.3 Å². The minimum atomic E-state index is -0.392. The Morgan fingerprint density at radius 3 is 2.74 bits per heavy atom. The van der Waals surface area contributed by atoms with Gasteiger partial charge in [-0.2, -0.15) is 12.6 Å². The first-order chi connectivity index (χ1) is 20.2. The third-order valence-corrected chi connectivity index (χ3v) is 9.93. The van der Waals surface area contributed by atoms with Crippen LogP contribution in [0.3, 0.4) is 0 Å². The van der Waals surface area contributed by atoms with Gasteiger partial charge in [-0.05, 0) is 49.8 Å². The Bertz CT molecular complexity index is 1470. The highest BCUT2D eigenvalue weighted by Gasteiger charge is 2.54. The highest BCUT2D eigenvalue weighted by atomic mass is 32.1. The van der Waals surface area contributed by atoms with Crippen molar-refractivity contribution >= 4 is 24.4 Å². The summed E-state index contributed by atoms with van der Waals surface area (Å²) < 4.78 is 25.7. The fourth-order valence-electron chi connectivity index (χ4n) is 6.29. The van der Waals surface area contributed by atoms with Crippen molar-refractivity contribution in [1.82, 2.24) is 30.0 Å². The van der Waals surface area contributed by atoms with E-state index in [1.807, 2.05) is 0 Å². The minimum absolute atomic E-state index is 0.0813. The third-order valence-electron chi connectivity index (χ3n) is 8.90. The summed E-state index contributed by atoms with van der Waals surface area (Å²) in [7, 11) is 1.42. The fraction of sp³-hybridized carbons (Fsp3) is 0.533. The molecule has 222 valence electrons. The quantitative estimate of drug-likeness (QED) is 0.258. The first-order valence-corrected chi connectivity index (χ1v) is 14.9. The van der Waals surface area contributed by atoms with Crippen LogP contribution in [0, 0.1) is 17.2 Å². The van der Waals surface area contributed by atoms with Crippen molar-refractivity contribution in [1.29, 1.82) is 0 Å². The molecular formula is C30H36FN7O3S. The maximum Gasteiger partial charge on any atom is 0.305 e. The first kappa shape index (κ1) is 28.7. The van der Waals surface area contributed by atoms with E-state index >= 15 is 0 Å². The number of rotatable bonds is 10. The van der Waals surface area contributed by atoms with Crippen LogP contribution in [-0.2, 0) is 9.53 Å². The number of hydrogen-bond acceptors (Lipinski definition) is 11. The average molecular weight is 594 g/mol. The molecule has 2 aromatic heterocycles. The summed E-state index contributed by atoms with van der Waals surface area (Å²) in [5.74, 6) is 1.34. The molecule has 12 heteroatoms. The number of benzene rings is 1. The largest absolute Gasteiger partial charge is 0.469 e. The summed E-state index contributed by atoms with van der Waals surface area (Å²) in [6.07, 6.45) is 8.73. The molecule has 0 unspecified atom stereocenters. The molecule has 0 radical (unpaired) electrons. The maximum absolute atomic E-state index is 14.5. The molecule has 2 saturated heterocycles. The highest BCUT2D eigenvalue weighted by Crippen LogP contribution is 2.49. The van der Waals surface area contributed by atoms with Crippen LogP contribution >= 0.6 is 12.6 Å². The number of likely N-dealkylation sites (tertiary alicyclic amines) is 1. The van der Waals surface area contributed by atoms with Gasteiger partial charge in [0, 0.05) is 61.3 Å². The summed E-state index contributed by atoms with van der Waals surface area (Å²) in [5, 5.41) is 8.29. The number of carbonyl (C=O) groups excluding carboxylic acids is 1. The highest BCUT2D eigenvalue weighted by molar-refractivity contribution is 7.81. The van der Waals surface area contributed by atoms with E-state index in [1.165, 1.54) is 31.9 Å². The zero-order chi connectivity index (χ0) is 29.5. The lowest BCUT2D eigenvalue weighted by Crippen LogP contribution is -2.66. The summed E-state index contributed by atoms with van der Waals surface area (Å²) in [6, 6.07) is 4.43. The molecule has 0 bridgehead atoms. The molecule has 42 heavy (non-hydrogen) atoms. The predicted octanol–water partition coefficient (Wildman–Crippen LogP) is 4.88. The SMILES string of the molecule is COC(=O)CC[C@](S)(C(C)C)N1CC2(CCN(c3ncnnc3Oc3ccc(F)cc3-c3cncnc3C3CC3)C2)C1.